The van der Waals surface area contributed by atoms with E-state index in [0.717, 1.165) is 22.4 Å². The zero-order valence-corrected chi connectivity index (χ0v) is 20.6. The van der Waals surface area contributed by atoms with Crippen molar-refractivity contribution in [1.82, 2.24) is 10.2 Å². The molecule has 6 heteroatoms. The van der Waals surface area contributed by atoms with Crippen LogP contribution in [0.15, 0.2) is 78.9 Å². The SMILES string of the molecule is COc1ccc(CN(C(=O)Cc2ccc(Cl)cc2)[C@@H](C(=O)NCC(C)C)c2ccccc2)cc1. The first kappa shape index (κ1) is 25.3. The number of benzene rings is 3. The quantitative estimate of drug-likeness (QED) is 0.422. The van der Waals surface area contributed by atoms with Crippen LogP contribution in [0.3, 0.4) is 0 Å². The summed E-state index contributed by atoms with van der Waals surface area (Å²) in [5.74, 6) is 0.682. The maximum Gasteiger partial charge on any atom is 0.247 e. The molecule has 0 bridgehead atoms. The largest absolute Gasteiger partial charge is 0.497 e. The molecule has 0 aliphatic rings. The van der Waals surface area contributed by atoms with Crippen molar-refractivity contribution < 1.29 is 14.3 Å². The van der Waals surface area contributed by atoms with Gasteiger partial charge in [-0.25, -0.2) is 0 Å². The number of halogens is 1. The van der Waals surface area contributed by atoms with Gasteiger partial charge >= 0.3 is 0 Å². The first-order chi connectivity index (χ1) is 16.4. The van der Waals surface area contributed by atoms with Crippen LogP contribution in [-0.4, -0.2) is 30.4 Å². The molecule has 5 nitrogen and oxygen atoms in total. The first-order valence-electron chi connectivity index (χ1n) is 11.4. The van der Waals surface area contributed by atoms with E-state index in [1.807, 2.05) is 80.6 Å². The molecule has 0 aromatic heterocycles. The molecule has 0 aliphatic carbocycles. The molecule has 0 heterocycles. The lowest BCUT2D eigenvalue weighted by Gasteiger charge is -2.32. The number of nitrogens with zero attached hydrogens (tertiary/aromatic N) is 1. The highest BCUT2D eigenvalue weighted by atomic mass is 35.5. The van der Waals surface area contributed by atoms with Gasteiger partial charge in [0, 0.05) is 18.1 Å². The lowest BCUT2D eigenvalue weighted by molar-refractivity contribution is -0.141. The molecule has 0 saturated carbocycles. The lowest BCUT2D eigenvalue weighted by atomic mass is 10.0. The molecule has 178 valence electrons. The van der Waals surface area contributed by atoms with Gasteiger partial charge < -0.3 is 15.0 Å². The van der Waals surface area contributed by atoms with E-state index in [4.69, 9.17) is 16.3 Å². The van der Waals surface area contributed by atoms with Crippen LogP contribution in [0.2, 0.25) is 5.02 Å². The van der Waals surface area contributed by atoms with Gasteiger partial charge in [0.2, 0.25) is 11.8 Å². The molecule has 0 saturated heterocycles. The summed E-state index contributed by atoms with van der Waals surface area (Å²) >= 11 is 6.02. The van der Waals surface area contributed by atoms with E-state index >= 15 is 0 Å². The average Bonchev–Trinajstić information content (AvgIpc) is 2.84. The third-order valence-corrected chi connectivity index (χ3v) is 5.71. The fourth-order valence-electron chi connectivity index (χ4n) is 3.64. The normalized spacial score (nSPS) is 11.7. The predicted octanol–water partition coefficient (Wildman–Crippen LogP) is 5.43. The highest BCUT2D eigenvalue weighted by Gasteiger charge is 2.31. The van der Waals surface area contributed by atoms with E-state index in [1.165, 1.54) is 0 Å². The van der Waals surface area contributed by atoms with Gasteiger partial charge in [-0.2, -0.15) is 0 Å². The van der Waals surface area contributed by atoms with Crippen LogP contribution in [-0.2, 0) is 22.6 Å². The molecule has 3 aromatic rings. The van der Waals surface area contributed by atoms with Crippen molar-refractivity contribution in [3.63, 3.8) is 0 Å². The van der Waals surface area contributed by atoms with Crippen LogP contribution in [0, 0.1) is 5.92 Å². The van der Waals surface area contributed by atoms with Crippen LogP contribution < -0.4 is 10.1 Å². The highest BCUT2D eigenvalue weighted by Crippen LogP contribution is 2.26. The molecule has 2 amide bonds. The fraction of sp³-hybridized carbons (Fsp3) is 0.286. The van der Waals surface area contributed by atoms with Crippen molar-refractivity contribution in [2.45, 2.75) is 32.9 Å². The maximum atomic E-state index is 13.7. The standard InChI is InChI=1S/C28H31ClN2O3/c1-20(2)18-30-28(33)27(23-7-5-4-6-8-23)31(19-22-11-15-25(34-3)16-12-22)26(32)17-21-9-13-24(29)14-10-21/h4-16,20,27H,17-19H2,1-3H3,(H,30,33)/t27-/m1/s1. The maximum absolute atomic E-state index is 13.7. The van der Waals surface area contributed by atoms with E-state index < -0.39 is 6.04 Å². The molecule has 1 N–H and O–H groups in total. The van der Waals surface area contributed by atoms with Gasteiger partial charge in [0.15, 0.2) is 0 Å². The summed E-state index contributed by atoms with van der Waals surface area (Å²) in [6.45, 7) is 4.90. The molecule has 3 aromatic carbocycles. The van der Waals surface area contributed by atoms with Gasteiger partial charge in [-0.05, 0) is 46.9 Å². The van der Waals surface area contributed by atoms with Gasteiger partial charge in [-0.15, -0.1) is 0 Å². The molecular formula is C28H31ClN2O3. The van der Waals surface area contributed by atoms with Crippen molar-refractivity contribution in [3.8, 4) is 5.75 Å². The summed E-state index contributed by atoms with van der Waals surface area (Å²) in [5, 5.41) is 3.63. The number of carbonyl (C=O) groups is 2. The summed E-state index contributed by atoms with van der Waals surface area (Å²) in [6.07, 6.45) is 0.161. The highest BCUT2D eigenvalue weighted by molar-refractivity contribution is 6.30. The number of nitrogens with one attached hydrogen (secondary N) is 1. The Morgan fingerprint density at radius 1 is 0.912 bits per heavy atom. The minimum atomic E-state index is -0.762. The smallest absolute Gasteiger partial charge is 0.247 e. The number of ether oxygens (including phenoxy) is 1. The van der Waals surface area contributed by atoms with E-state index in [0.29, 0.717) is 17.5 Å². The fourth-order valence-corrected chi connectivity index (χ4v) is 3.77. The molecule has 34 heavy (non-hydrogen) atoms. The second-order valence-corrected chi connectivity index (χ2v) is 9.06. The average molecular weight is 479 g/mol. The summed E-state index contributed by atoms with van der Waals surface area (Å²) in [4.78, 5) is 28.8. The van der Waals surface area contributed by atoms with E-state index in [1.54, 1.807) is 24.1 Å². The Hall–Kier alpha value is -3.31. The summed E-state index contributed by atoms with van der Waals surface area (Å²) < 4.78 is 5.26. The number of amides is 2. The van der Waals surface area contributed by atoms with Gasteiger partial charge in [-0.1, -0.05) is 80.0 Å². The minimum Gasteiger partial charge on any atom is -0.497 e. The number of carbonyl (C=O) groups excluding carboxylic acids is 2. The van der Waals surface area contributed by atoms with Crippen molar-refractivity contribution >= 4 is 23.4 Å². The Morgan fingerprint density at radius 3 is 2.12 bits per heavy atom. The number of hydrogen-bond acceptors (Lipinski definition) is 3. The van der Waals surface area contributed by atoms with E-state index in [2.05, 4.69) is 5.32 Å². The monoisotopic (exact) mass is 478 g/mol. The van der Waals surface area contributed by atoms with Crippen LogP contribution in [0.25, 0.3) is 0 Å². The Labute approximate surface area is 206 Å². The third-order valence-electron chi connectivity index (χ3n) is 5.46. The first-order valence-corrected chi connectivity index (χ1v) is 11.7. The molecule has 3 rings (SSSR count). The van der Waals surface area contributed by atoms with E-state index in [9.17, 15) is 9.59 Å². The summed E-state index contributed by atoms with van der Waals surface area (Å²) in [5.41, 5.74) is 2.51. The summed E-state index contributed by atoms with van der Waals surface area (Å²) in [7, 11) is 1.61. The van der Waals surface area contributed by atoms with Gasteiger partial charge in [0.1, 0.15) is 11.8 Å². The minimum absolute atomic E-state index is 0.147. The number of methoxy groups -OCH3 is 1. The Balaban J connectivity index is 1.97. The third kappa shape index (κ3) is 7.09. The zero-order valence-electron chi connectivity index (χ0n) is 19.8. The lowest BCUT2D eigenvalue weighted by Crippen LogP contribution is -2.44. The van der Waals surface area contributed by atoms with Gasteiger partial charge in [0.05, 0.1) is 13.5 Å². The number of hydrogen-bond donors (Lipinski definition) is 1. The predicted molar refractivity (Wildman–Crippen MR) is 136 cm³/mol. The van der Waals surface area contributed by atoms with Crippen molar-refractivity contribution in [2.75, 3.05) is 13.7 Å². The zero-order chi connectivity index (χ0) is 24.5. The molecular weight excluding hydrogens is 448 g/mol. The van der Waals surface area contributed by atoms with Crippen molar-refractivity contribution in [2.24, 2.45) is 5.92 Å². The van der Waals surface area contributed by atoms with Crippen LogP contribution in [0.1, 0.15) is 36.6 Å². The number of rotatable bonds is 10. The molecule has 0 spiro atoms. The Kier molecular flexibility index (Phi) is 9.11. The molecule has 1 atom stereocenters. The molecule has 0 aliphatic heterocycles. The second kappa shape index (κ2) is 12.2. The van der Waals surface area contributed by atoms with Crippen LogP contribution in [0.4, 0.5) is 0 Å². The molecule has 0 unspecified atom stereocenters. The van der Waals surface area contributed by atoms with Gasteiger partial charge in [-0.3, -0.25) is 9.59 Å². The van der Waals surface area contributed by atoms with Crippen molar-refractivity contribution in [3.05, 3.63) is 101 Å². The van der Waals surface area contributed by atoms with Crippen molar-refractivity contribution in [1.29, 1.82) is 0 Å². The van der Waals surface area contributed by atoms with Gasteiger partial charge in [0.25, 0.3) is 0 Å². The van der Waals surface area contributed by atoms with Crippen LogP contribution in [0.5, 0.6) is 5.75 Å². The van der Waals surface area contributed by atoms with Crippen LogP contribution >= 0.6 is 11.6 Å². The molecule has 0 fully saturated rings. The van der Waals surface area contributed by atoms with E-state index in [-0.39, 0.29) is 24.8 Å². The Bertz CT molecular complexity index is 1070. The summed E-state index contributed by atoms with van der Waals surface area (Å²) in [6, 6.07) is 23.4. The Morgan fingerprint density at radius 2 is 1.53 bits per heavy atom. The molecule has 0 radical (unpaired) electrons. The second-order valence-electron chi connectivity index (χ2n) is 8.63. The topological polar surface area (TPSA) is 58.6 Å².